The number of amides is 2. The zero-order valence-electron chi connectivity index (χ0n) is 19.4. The predicted octanol–water partition coefficient (Wildman–Crippen LogP) is 5.72. The second-order valence-electron chi connectivity index (χ2n) is 8.83. The molecule has 1 atom stereocenters. The van der Waals surface area contributed by atoms with Gasteiger partial charge in [0, 0.05) is 17.3 Å². The molecule has 1 aliphatic rings. The third-order valence-corrected chi connectivity index (χ3v) is 7.06. The summed E-state index contributed by atoms with van der Waals surface area (Å²) in [6.45, 7) is 1.51. The molecule has 1 aromatic heterocycles. The van der Waals surface area contributed by atoms with E-state index in [4.69, 9.17) is 0 Å². The molecule has 1 aliphatic carbocycles. The lowest BCUT2D eigenvalue weighted by molar-refractivity contribution is -0.127. The molecule has 0 bridgehead atoms. The van der Waals surface area contributed by atoms with Crippen LogP contribution < -0.4 is 10.2 Å². The number of anilines is 1. The van der Waals surface area contributed by atoms with E-state index in [0.717, 1.165) is 36.8 Å². The number of carbonyl (C=O) groups is 3. The van der Waals surface area contributed by atoms with Crippen LogP contribution in [0.3, 0.4) is 0 Å². The van der Waals surface area contributed by atoms with Gasteiger partial charge in [-0.05, 0) is 72.0 Å². The molecule has 1 saturated carbocycles. The molecule has 1 N–H and O–H groups in total. The number of carbonyl (C=O) groups excluding carboxylic acids is 3. The fourth-order valence-corrected chi connectivity index (χ4v) is 5.20. The van der Waals surface area contributed by atoms with Crippen molar-refractivity contribution in [3.8, 4) is 0 Å². The molecule has 0 radical (unpaired) electrons. The Labute approximate surface area is 204 Å². The normalized spacial score (nSPS) is 14.9. The van der Waals surface area contributed by atoms with Gasteiger partial charge in [-0.15, -0.1) is 0 Å². The van der Waals surface area contributed by atoms with Gasteiger partial charge in [-0.3, -0.25) is 19.3 Å². The quantitative estimate of drug-likeness (QED) is 0.425. The Morgan fingerprint density at radius 3 is 2.29 bits per heavy atom. The maximum absolute atomic E-state index is 13.8. The maximum atomic E-state index is 13.8. The number of thiophene rings is 1. The molecular formula is C28H30N2O3S. The number of hydrogen-bond acceptors (Lipinski definition) is 4. The topological polar surface area (TPSA) is 66.5 Å². The van der Waals surface area contributed by atoms with E-state index in [9.17, 15) is 14.4 Å². The van der Waals surface area contributed by atoms with Crippen molar-refractivity contribution in [3.05, 3.63) is 88.1 Å². The van der Waals surface area contributed by atoms with Gasteiger partial charge >= 0.3 is 0 Å². The first-order valence-corrected chi connectivity index (χ1v) is 12.8. The van der Waals surface area contributed by atoms with Crippen molar-refractivity contribution >= 4 is 34.6 Å². The van der Waals surface area contributed by atoms with Crippen molar-refractivity contribution in [1.82, 2.24) is 5.32 Å². The summed E-state index contributed by atoms with van der Waals surface area (Å²) in [5.41, 5.74) is 2.83. The number of ketones is 1. The molecule has 0 aliphatic heterocycles. The first kappa shape index (κ1) is 23.9. The maximum Gasteiger partial charge on any atom is 0.248 e. The monoisotopic (exact) mass is 474 g/mol. The van der Waals surface area contributed by atoms with Crippen LogP contribution in [0.2, 0.25) is 0 Å². The van der Waals surface area contributed by atoms with Gasteiger partial charge in [-0.25, -0.2) is 0 Å². The summed E-state index contributed by atoms with van der Waals surface area (Å²) in [5.74, 6) is -0.383. The number of rotatable bonds is 8. The van der Waals surface area contributed by atoms with Crippen molar-refractivity contribution in [1.29, 1.82) is 0 Å². The van der Waals surface area contributed by atoms with Crippen LogP contribution in [-0.2, 0) is 16.0 Å². The van der Waals surface area contributed by atoms with E-state index in [1.54, 1.807) is 40.5 Å². The van der Waals surface area contributed by atoms with E-state index in [1.165, 1.54) is 13.3 Å². The minimum absolute atomic E-state index is 0.0441. The summed E-state index contributed by atoms with van der Waals surface area (Å²) in [4.78, 5) is 40.9. The van der Waals surface area contributed by atoms with E-state index >= 15 is 0 Å². The van der Waals surface area contributed by atoms with Gasteiger partial charge in [0.15, 0.2) is 5.78 Å². The van der Waals surface area contributed by atoms with Crippen LogP contribution in [0.25, 0.3) is 0 Å². The van der Waals surface area contributed by atoms with Crippen molar-refractivity contribution in [2.45, 2.75) is 57.5 Å². The molecule has 2 amide bonds. The van der Waals surface area contributed by atoms with Crippen LogP contribution in [0.5, 0.6) is 0 Å². The third kappa shape index (κ3) is 5.81. The third-order valence-electron chi connectivity index (χ3n) is 6.33. The standard InChI is InChI=1S/C28H30N2O3S/c1-20(31)22-12-14-25(15-13-22)30(26(32)18-21-16-17-34-19-21)27(23-8-4-2-5-9-23)28(33)29-24-10-6-3-7-11-24/h2,4-5,8-9,12-17,19,24,27H,3,6-7,10-11,18H2,1H3,(H,29,33)/t27-/m1/s1. The molecular weight excluding hydrogens is 444 g/mol. The molecule has 5 nitrogen and oxygen atoms in total. The Morgan fingerprint density at radius 1 is 0.971 bits per heavy atom. The van der Waals surface area contributed by atoms with Crippen molar-refractivity contribution in [2.75, 3.05) is 4.90 Å². The lowest BCUT2D eigenvalue weighted by Crippen LogP contribution is -2.47. The number of benzene rings is 2. The van der Waals surface area contributed by atoms with Crippen LogP contribution in [0.15, 0.2) is 71.4 Å². The Bertz CT molecular complexity index is 1100. The van der Waals surface area contributed by atoms with Gasteiger partial charge in [-0.2, -0.15) is 11.3 Å². The zero-order chi connectivity index (χ0) is 23.9. The molecule has 4 rings (SSSR count). The van der Waals surface area contributed by atoms with Crippen molar-refractivity contribution in [3.63, 3.8) is 0 Å². The highest BCUT2D eigenvalue weighted by Crippen LogP contribution is 2.30. The highest BCUT2D eigenvalue weighted by molar-refractivity contribution is 7.08. The molecule has 6 heteroatoms. The van der Waals surface area contributed by atoms with Crippen LogP contribution in [0, 0.1) is 0 Å². The Hall–Kier alpha value is -3.25. The molecule has 1 heterocycles. The summed E-state index contributed by atoms with van der Waals surface area (Å²) >= 11 is 1.54. The lowest BCUT2D eigenvalue weighted by Gasteiger charge is -2.33. The first-order chi connectivity index (χ1) is 16.5. The van der Waals surface area contributed by atoms with Crippen molar-refractivity contribution in [2.24, 2.45) is 0 Å². The number of Topliss-reactive ketones (excluding diaryl/α,β-unsaturated/α-hetero) is 1. The summed E-state index contributed by atoms with van der Waals surface area (Å²) < 4.78 is 0. The fraction of sp³-hybridized carbons (Fsp3) is 0.321. The smallest absolute Gasteiger partial charge is 0.248 e. The minimum Gasteiger partial charge on any atom is -0.351 e. The highest BCUT2D eigenvalue weighted by atomic mass is 32.1. The van der Waals surface area contributed by atoms with Gasteiger partial charge < -0.3 is 5.32 Å². The predicted molar refractivity (Wildman–Crippen MR) is 136 cm³/mol. The molecule has 0 unspecified atom stereocenters. The zero-order valence-corrected chi connectivity index (χ0v) is 20.2. The van der Waals surface area contributed by atoms with E-state index < -0.39 is 6.04 Å². The Balaban J connectivity index is 1.73. The second kappa shape index (κ2) is 11.3. The second-order valence-corrected chi connectivity index (χ2v) is 9.61. The highest BCUT2D eigenvalue weighted by Gasteiger charge is 2.34. The molecule has 34 heavy (non-hydrogen) atoms. The Kier molecular flexibility index (Phi) is 7.91. The van der Waals surface area contributed by atoms with E-state index in [1.807, 2.05) is 47.2 Å². The fourth-order valence-electron chi connectivity index (χ4n) is 4.53. The molecule has 0 spiro atoms. The summed E-state index contributed by atoms with van der Waals surface area (Å²) in [7, 11) is 0. The van der Waals surface area contributed by atoms with Gasteiger partial charge in [-0.1, -0.05) is 49.6 Å². The first-order valence-electron chi connectivity index (χ1n) is 11.8. The van der Waals surface area contributed by atoms with Crippen LogP contribution in [0.4, 0.5) is 5.69 Å². The van der Waals surface area contributed by atoms with Crippen LogP contribution in [0.1, 0.15) is 66.6 Å². The molecule has 1 fully saturated rings. The van der Waals surface area contributed by atoms with Gasteiger partial charge in [0.25, 0.3) is 0 Å². The average Bonchev–Trinajstić information content (AvgIpc) is 3.36. The van der Waals surface area contributed by atoms with Gasteiger partial charge in [0.2, 0.25) is 11.8 Å². The van der Waals surface area contributed by atoms with E-state index in [0.29, 0.717) is 11.3 Å². The van der Waals surface area contributed by atoms with Crippen LogP contribution in [-0.4, -0.2) is 23.6 Å². The van der Waals surface area contributed by atoms with Gasteiger partial charge in [0.05, 0.1) is 6.42 Å². The summed E-state index contributed by atoms with van der Waals surface area (Å²) in [6.07, 6.45) is 5.52. The van der Waals surface area contributed by atoms with Gasteiger partial charge in [0.1, 0.15) is 6.04 Å². The SMILES string of the molecule is CC(=O)c1ccc(N(C(=O)Cc2ccsc2)[C@@H](C(=O)NC2CCCCC2)c2ccccc2)cc1. The summed E-state index contributed by atoms with van der Waals surface area (Å²) in [6, 6.07) is 17.6. The lowest BCUT2D eigenvalue weighted by atomic mass is 9.94. The average molecular weight is 475 g/mol. The van der Waals surface area contributed by atoms with Crippen molar-refractivity contribution < 1.29 is 14.4 Å². The minimum atomic E-state index is -0.808. The van der Waals surface area contributed by atoms with E-state index in [-0.39, 0.29) is 30.1 Å². The summed E-state index contributed by atoms with van der Waals surface area (Å²) in [5, 5.41) is 7.12. The Morgan fingerprint density at radius 2 is 1.68 bits per heavy atom. The molecule has 3 aromatic rings. The largest absolute Gasteiger partial charge is 0.351 e. The van der Waals surface area contributed by atoms with E-state index in [2.05, 4.69) is 5.32 Å². The number of nitrogens with one attached hydrogen (secondary N) is 1. The molecule has 0 saturated heterocycles. The molecule has 176 valence electrons. The molecule has 2 aromatic carbocycles. The number of hydrogen-bond donors (Lipinski definition) is 1. The number of nitrogens with zero attached hydrogens (tertiary/aromatic N) is 1. The van der Waals surface area contributed by atoms with Crippen LogP contribution >= 0.6 is 11.3 Å².